The molecule has 0 aliphatic heterocycles. The van der Waals surface area contributed by atoms with E-state index in [1.807, 2.05) is 55.6 Å². The van der Waals surface area contributed by atoms with E-state index in [1.54, 1.807) is 0 Å². The second kappa shape index (κ2) is 5.62. The topological polar surface area (TPSA) is 44.9 Å². The molecule has 0 spiro atoms. The first-order valence-electron chi connectivity index (χ1n) is 6.74. The summed E-state index contributed by atoms with van der Waals surface area (Å²) >= 11 is 5.96. The van der Waals surface area contributed by atoms with Crippen LogP contribution in [0.2, 0.25) is 5.02 Å². The average Bonchev–Trinajstić information content (AvgIpc) is 2.81. The van der Waals surface area contributed by atoms with Crippen molar-refractivity contribution in [2.75, 3.05) is 5.32 Å². The maximum Gasteiger partial charge on any atom is 0.228 e. The predicted octanol–water partition coefficient (Wildman–Crippen LogP) is 4.31. The van der Waals surface area contributed by atoms with Gasteiger partial charge in [-0.1, -0.05) is 29.8 Å². The van der Waals surface area contributed by atoms with E-state index in [9.17, 15) is 4.79 Å². The van der Waals surface area contributed by atoms with Crippen LogP contribution in [0, 0.1) is 6.92 Å². The van der Waals surface area contributed by atoms with Gasteiger partial charge in [-0.3, -0.25) is 4.79 Å². The number of rotatable bonds is 3. The number of aryl methyl sites for hydroxylation is 1. The second-order valence-electron chi connectivity index (χ2n) is 5.10. The smallest absolute Gasteiger partial charge is 0.228 e. The molecule has 0 aliphatic rings. The molecule has 106 valence electrons. The van der Waals surface area contributed by atoms with E-state index in [4.69, 9.17) is 11.6 Å². The summed E-state index contributed by atoms with van der Waals surface area (Å²) < 4.78 is 0. The van der Waals surface area contributed by atoms with Crippen molar-refractivity contribution in [2.24, 2.45) is 0 Å². The standard InChI is InChI=1S/C17H15ClN2O/c1-11-3-2-4-14(7-11)20-17(21)8-12-10-19-16-9-13(18)5-6-15(12)16/h2-7,9-10,19H,8H2,1H3,(H,20,21). The molecule has 0 bridgehead atoms. The first kappa shape index (κ1) is 13.7. The van der Waals surface area contributed by atoms with Gasteiger partial charge in [0.1, 0.15) is 0 Å². The Bertz CT molecular complexity index is 807. The number of benzene rings is 2. The molecule has 21 heavy (non-hydrogen) atoms. The zero-order valence-electron chi connectivity index (χ0n) is 11.6. The normalized spacial score (nSPS) is 10.8. The summed E-state index contributed by atoms with van der Waals surface area (Å²) in [6.07, 6.45) is 2.19. The van der Waals surface area contributed by atoms with E-state index in [0.29, 0.717) is 11.4 Å². The first-order chi connectivity index (χ1) is 10.1. The van der Waals surface area contributed by atoms with Crippen molar-refractivity contribution < 1.29 is 4.79 Å². The summed E-state index contributed by atoms with van der Waals surface area (Å²) in [6.45, 7) is 2.00. The summed E-state index contributed by atoms with van der Waals surface area (Å²) in [5, 5.41) is 4.63. The minimum atomic E-state index is -0.0311. The maximum absolute atomic E-state index is 12.2. The fourth-order valence-electron chi connectivity index (χ4n) is 2.41. The number of amides is 1. The lowest BCUT2D eigenvalue weighted by atomic mass is 10.1. The summed E-state index contributed by atoms with van der Waals surface area (Å²) in [4.78, 5) is 15.3. The Labute approximate surface area is 127 Å². The molecule has 0 saturated carbocycles. The number of hydrogen-bond donors (Lipinski definition) is 2. The number of hydrogen-bond acceptors (Lipinski definition) is 1. The van der Waals surface area contributed by atoms with Crippen LogP contribution in [0.1, 0.15) is 11.1 Å². The van der Waals surface area contributed by atoms with E-state index in [-0.39, 0.29) is 5.91 Å². The number of anilines is 1. The highest BCUT2D eigenvalue weighted by Gasteiger charge is 2.09. The molecule has 3 rings (SSSR count). The Morgan fingerprint density at radius 3 is 2.90 bits per heavy atom. The lowest BCUT2D eigenvalue weighted by Gasteiger charge is -2.05. The predicted molar refractivity (Wildman–Crippen MR) is 86.8 cm³/mol. The maximum atomic E-state index is 12.2. The fraction of sp³-hybridized carbons (Fsp3) is 0.118. The van der Waals surface area contributed by atoms with Crippen LogP contribution in [-0.4, -0.2) is 10.9 Å². The van der Waals surface area contributed by atoms with E-state index in [1.165, 1.54) is 0 Å². The highest BCUT2D eigenvalue weighted by molar-refractivity contribution is 6.31. The van der Waals surface area contributed by atoms with Gasteiger partial charge in [0.05, 0.1) is 6.42 Å². The number of carbonyl (C=O) groups excluding carboxylic acids is 1. The molecule has 1 heterocycles. The minimum absolute atomic E-state index is 0.0311. The van der Waals surface area contributed by atoms with Crippen molar-refractivity contribution >= 4 is 34.1 Å². The van der Waals surface area contributed by atoms with Crippen LogP contribution in [0.25, 0.3) is 10.9 Å². The average molecular weight is 299 g/mol. The summed E-state index contributed by atoms with van der Waals surface area (Å²) in [5.41, 5.74) is 3.85. The fourth-order valence-corrected chi connectivity index (χ4v) is 2.58. The molecule has 3 nitrogen and oxygen atoms in total. The molecule has 1 aromatic heterocycles. The second-order valence-corrected chi connectivity index (χ2v) is 5.53. The molecule has 0 fully saturated rings. The van der Waals surface area contributed by atoms with E-state index < -0.39 is 0 Å². The molecule has 2 N–H and O–H groups in total. The molecule has 4 heteroatoms. The van der Waals surface area contributed by atoms with Crippen LogP contribution >= 0.6 is 11.6 Å². The van der Waals surface area contributed by atoms with Gasteiger partial charge in [-0.25, -0.2) is 0 Å². The van der Waals surface area contributed by atoms with Gasteiger partial charge in [-0.2, -0.15) is 0 Å². The molecule has 0 aliphatic carbocycles. The molecular formula is C17H15ClN2O. The van der Waals surface area contributed by atoms with E-state index in [0.717, 1.165) is 27.7 Å². The third-order valence-electron chi connectivity index (χ3n) is 3.38. The highest BCUT2D eigenvalue weighted by atomic mass is 35.5. The molecule has 1 amide bonds. The van der Waals surface area contributed by atoms with Gasteiger partial charge in [0, 0.05) is 27.8 Å². The minimum Gasteiger partial charge on any atom is -0.361 e. The van der Waals surface area contributed by atoms with Crippen LogP contribution in [0.4, 0.5) is 5.69 Å². The molecular weight excluding hydrogens is 284 g/mol. The van der Waals surface area contributed by atoms with E-state index >= 15 is 0 Å². The number of carbonyl (C=O) groups is 1. The summed E-state index contributed by atoms with van der Waals surface area (Å²) in [6, 6.07) is 13.4. The number of fused-ring (bicyclic) bond motifs is 1. The first-order valence-corrected chi connectivity index (χ1v) is 7.11. The molecule has 3 aromatic rings. The number of halogens is 1. The Balaban J connectivity index is 1.77. The van der Waals surface area contributed by atoms with Crippen molar-refractivity contribution in [3.8, 4) is 0 Å². The van der Waals surface area contributed by atoms with Crippen LogP contribution in [0.3, 0.4) is 0 Å². The van der Waals surface area contributed by atoms with Gasteiger partial charge in [0.15, 0.2) is 0 Å². The number of H-pyrrole nitrogens is 1. The molecule has 0 radical (unpaired) electrons. The van der Waals surface area contributed by atoms with Crippen molar-refractivity contribution in [3.63, 3.8) is 0 Å². The molecule has 0 saturated heterocycles. The third kappa shape index (κ3) is 3.09. The van der Waals surface area contributed by atoms with E-state index in [2.05, 4.69) is 10.3 Å². The Morgan fingerprint density at radius 1 is 1.24 bits per heavy atom. The lowest BCUT2D eigenvalue weighted by Crippen LogP contribution is -2.14. The SMILES string of the molecule is Cc1cccc(NC(=O)Cc2c[nH]c3cc(Cl)ccc23)c1. The van der Waals surface area contributed by atoms with Gasteiger partial charge in [-0.05, 0) is 42.3 Å². The lowest BCUT2D eigenvalue weighted by molar-refractivity contribution is -0.115. The van der Waals surface area contributed by atoms with Gasteiger partial charge < -0.3 is 10.3 Å². The highest BCUT2D eigenvalue weighted by Crippen LogP contribution is 2.22. The molecule has 0 unspecified atom stereocenters. The van der Waals surface area contributed by atoms with Crippen LogP contribution < -0.4 is 5.32 Å². The Kier molecular flexibility index (Phi) is 3.67. The van der Waals surface area contributed by atoms with Gasteiger partial charge >= 0.3 is 0 Å². The zero-order valence-corrected chi connectivity index (χ0v) is 12.4. The summed E-state index contributed by atoms with van der Waals surface area (Å²) in [5.74, 6) is -0.0311. The van der Waals surface area contributed by atoms with Crippen molar-refractivity contribution in [2.45, 2.75) is 13.3 Å². The van der Waals surface area contributed by atoms with Crippen molar-refractivity contribution in [1.29, 1.82) is 0 Å². The largest absolute Gasteiger partial charge is 0.361 e. The Hall–Kier alpha value is -2.26. The quantitative estimate of drug-likeness (QED) is 0.743. The third-order valence-corrected chi connectivity index (χ3v) is 3.62. The number of nitrogens with one attached hydrogen (secondary N) is 2. The number of aromatic nitrogens is 1. The van der Waals surface area contributed by atoms with Gasteiger partial charge in [0.25, 0.3) is 0 Å². The van der Waals surface area contributed by atoms with Crippen LogP contribution in [0.15, 0.2) is 48.7 Å². The van der Waals surface area contributed by atoms with Gasteiger partial charge in [0.2, 0.25) is 5.91 Å². The van der Waals surface area contributed by atoms with Crippen LogP contribution in [-0.2, 0) is 11.2 Å². The number of aromatic amines is 1. The van der Waals surface area contributed by atoms with Crippen molar-refractivity contribution in [1.82, 2.24) is 4.98 Å². The van der Waals surface area contributed by atoms with Crippen molar-refractivity contribution in [3.05, 3.63) is 64.8 Å². The monoisotopic (exact) mass is 298 g/mol. The zero-order chi connectivity index (χ0) is 14.8. The Morgan fingerprint density at radius 2 is 2.10 bits per heavy atom. The molecule has 2 aromatic carbocycles. The molecule has 0 atom stereocenters. The van der Waals surface area contributed by atoms with Gasteiger partial charge in [-0.15, -0.1) is 0 Å². The van der Waals surface area contributed by atoms with Crippen LogP contribution in [0.5, 0.6) is 0 Å². The summed E-state index contributed by atoms with van der Waals surface area (Å²) in [7, 11) is 0.